The van der Waals surface area contributed by atoms with Crippen LogP contribution in [0.25, 0.3) is 0 Å². The molecule has 26 heavy (non-hydrogen) atoms. The van der Waals surface area contributed by atoms with Crippen molar-refractivity contribution in [3.63, 3.8) is 0 Å². The maximum atomic E-state index is 12.9. The summed E-state index contributed by atoms with van der Waals surface area (Å²) in [6, 6.07) is 14.9. The highest BCUT2D eigenvalue weighted by Gasteiger charge is 2.29. The van der Waals surface area contributed by atoms with Crippen LogP contribution in [0.3, 0.4) is 0 Å². The maximum Gasteiger partial charge on any atom is 0.265 e. The molecule has 0 N–H and O–H groups in total. The molecule has 1 heterocycles. The highest BCUT2D eigenvalue weighted by atomic mass is 35.5. The number of carbonyl (C=O) groups is 2. The van der Waals surface area contributed by atoms with Crippen LogP contribution in [0.1, 0.15) is 18.9 Å². The van der Waals surface area contributed by atoms with Crippen molar-refractivity contribution in [2.24, 2.45) is 0 Å². The molecule has 0 fully saturated rings. The van der Waals surface area contributed by atoms with Crippen molar-refractivity contribution in [3.8, 4) is 5.75 Å². The molecule has 2 aromatic carbocycles. The summed E-state index contributed by atoms with van der Waals surface area (Å²) in [4.78, 5) is 28.5. The number of fused-ring (bicyclic) bond motifs is 1. The average molecular weight is 373 g/mol. The van der Waals surface area contributed by atoms with E-state index in [4.69, 9.17) is 16.3 Å². The average Bonchev–Trinajstić information content (AvgIpc) is 2.64. The third-order valence-electron chi connectivity index (χ3n) is 4.22. The lowest BCUT2D eigenvalue weighted by atomic mass is 10.2. The standard InChI is InChI=1S/C20H21ClN2O3/c1-2-10-22(12-15-6-4-3-5-7-15)19(24)13-23-17-11-16(21)8-9-18(17)26-14-20(23)25/h3-9,11H,2,10,12-14H2,1H3. The highest BCUT2D eigenvalue weighted by molar-refractivity contribution is 6.31. The molecular formula is C20H21ClN2O3. The molecule has 6 heteroatoms. The van der Waals surface area contributed by atoms with Gasteiger partial charge in [0.05, 0.1) is 5.69 Å². The molecule has 0 saturated carbocycles. The van der Waals surface area contributed by atoms with Crippen molar-refractivity contribution in [2.45, 2.75) is 19.9 Å². The number of rotatable bonds is 6. The van der Waals surface area contributed by atoms with E-state index in [0.29, 0.717) is 29.5 Å². The number of anilines is 1. The quantitative estimate of drug-likeness (QED) is 0.779. The van der Waals surface area contributed by atoms with E-state index in [-0.39, 0.29) is 25.0 Å². The maximum absolute atomic E-state index is 12.9. The van der Waals surface area contributed by atoms with Gasteiger partial charge in [-0.15, -0.1) is 0 Å². The lowest BCUT2D eigenvalue weighted by Gasteiger charge is -2.31. The SMILES string of the molecule is CCCN(Cc1ccccc1)C(=O)CN1C(=O)COc2ccc(Cl)cc21. The number of halogens is 1. The van der Waals surface area contributed by atoms with Gasteiger partial charge in [0, 0.05) is 18.1 Å². The summed E-state index contributed by atoms with van der Waals surface area (Å²) in [5.74, 6) is 0.216. The Hall–Kier alpha value is -2.53. The predicted octanol–water partition coefficient (Wildman–Crippen LogP) is 3.50. The minimum atomic E-state index is -0.246. The minimum Gasteiger partial charge on any atom is -0.482 e. The molecule has 0 spiro atoms. The molecule has 3 rings (SSSR count). The van der Waals surface area contributed by atoms with Crippen LogP contribution in [0.5, 0.6) is 5.75 Å². The van der Waals surface area contributed by atoms with Gasteiger partial charge < -0.3 is 9.64 Å². The Morgan fingerprint density at radius 2 is 2.00 bits per heavy atom. The molecule has 0 atom stereocenters. The fourth-order valence-electron chi connectivity index (χ4n) is 2.95. The topological polar surface area (TPSA) is 49.9 Å². The van der Waals surface area contributed by atoms with Gasteiger partial charge in [-0.25, -0.2) is 0 Å². The molecule has 0 unspecified atom stereocenters. The second-order valence-corrected chi connectivity index (χ2v) is 6.62. The van der Waals surface area contributed by atoms with Crippen molar-refractivity contribution in [1.82, 2.24) is 4.90 Å². The third-order valence-corrected chi connectivity index (χ3v) is 4.45. The largest absolute Gasteiger partial charge is 0.482 e. The molecule has 0 saturated heterocycles. The third kappa shape index (κ3) is 4.17. The summed E-state index contributed by atoms with van der Waals surface area (Å²) >= 11 is 6.06. The van der Waals surface area contributed by atoms with E-state index in [0.717, 1.165) is 12.0 Å². The molecule has 0 radical (unpaired) electrons. The van der Waals surface area contributed by atoms with Gasteiger partial charge in [-0.1, -0.05) is 48.9 Å². The Morgan fingerprint density at radius 1 is 1.23 bits per heavy atom. The van der Waals surface area contributed by atoms with E-state index < -0.39 is 0 Å². The smallest absolute Gasteiger partial charge is 0.265 e. The first kappa shape index (κ1) is 18.3. The van der Waals surface area contributed by atoms with Crippen molar-refractivity contribution >= 4 is 29.1 Å². The molecule has 5 nitrogen and oxygen atoms in total. The Balaban J connectivity index is 1.78. The van der Waals surface area contributed by atoms with E-state index in [2.05, 4.69) is 0 Å². The molecule has 0 aromatic heterocycles. The van der Waals surface area contributed by atoms with Gasteiger partial charge in [0.15, 0.2) is 6.61 Å². The Morgan fingerprint density at radius 3 is 2.73 bits per heavy atom. The van der Waals surface area contributed by atoms with E-state index in [1.54, 1.807) is 23.1 Å². The summed E-state index contributed by atoms with van der Waals surface area (Å²) in [5.41, 5.74) is 1.60. The van der Waals surface area contributed by atoms with Gasteiger partial charge in [-0.3, -0.25) is 14.5 Å². The first-order valence-electron chi connectivity index (χ1n) is 8.63. The molecule has 0 bridgehead atoms. The van der Waals surface area contributed by atoms with Gasteiger partial charge in [-0.05, 0) is 30.2 Å². The Bertz CT molecular complexity index is 795. The first-order chi connectivity index (χ1) is 12.6. The second-order valence-electron chi connectivity index (χ2n) is 6.18. The number of benzene rings is 2. The van der Waals surface area contributed by atoms with Crippen molar-refractivity contribution in [3.05, 3.63) is 59.1 Å². The van der Waals surface area contributed by atoms with Crippen molar-refractivity contribution in [1.29, 1.82) is 0 Å². The van der Waals surface area contributed by atoms with Gasteiger partial charge >= 0.3 is 0 Å². The highest BCUT2D eigenvalue weighted by Crippen LogP contribution is 2.34. The molecule has 2 amide bonds. The normalized spacial score (nSPS) is 13.2. The lowest BCUT2D eigenvalue weighted by Crippen LogP contribution is -2.46. The fraction of sp³-hybridized carbons (Fsp3) is 0.300. The zero-order chi connectivity index (χ0) is 18.5. The fourth-order valence-corrected chi connectivity index (χ4v) is 3.12. The second kappa shape index (κ2) is 8.23. The number of amides is 2. The van der Waals surface area contributed by atoms with Crippen LogP contribution in [-0.4, -0.2) is 36.4 Å². The summed E-state index contributed by atoms with van der Waals surface area (Å²) < 4.78 is 5.43. The van der Waals surface area contributed by atoms with Crippen LogP contribution in [0.2, 0.25) is 5.02 Å². The summed E-state index contributed by atoms with van der Waals surface area (Å²) in [6.45, 7) is 3.08. The van der Waals surface area contributed by atoms with E-state index in [1.165, 1.54) is 4.90 Å². The molecule has 1 aliphatic rings. The molecule has 2 aromatic rings. The van der Waals surface area contributed by atoms with Crippen molar-refractivity contribution in [2.75, 3.05) is 24.6 Å². The van der Waals surface area contributed by atoms with E-state index >= 15 is 0 Å². The van der Waals surface area contributed by atoms with Crippen molar-refractivity contribution < 1.29 is 14.3 Å². The minimum absolute atomic E-state index is 0.0254. The summed E-state index contributed by atoms with van der Waals surface area (Å²) in [5, 5.41) is 0.495. The van der Waals surface area contributed by atoms with Crippen LogP contribution >= 0.6 is 11.6 Å². The van der Waals surface area contributed by atoms with Gasteiger partial charge in [0.2, 0.25) is 5.91 Å². The first-order valence-corrected chi connectivity index (χ1v) is 9.00. The summed E-state index contributed by atoms with van der Waals surface area (Å²) in [7, 11) is 0. The number of hydrogen-bond acceptors (Lipinski definition) is 3. The molecule has 1 aliphatic heterocycles. The Labute approximate surface area is 158 Å². The van der Waals surface area contributed by atoms with Crippen LogP contribution in [-0.2, 0) is 16.1 Å². The van der Waals surface area contributed by atoms with Gasteiger partial charge in [0.1, 0.15) is 12.3 Å². The monoisotopic (exact) mass is 372 g/mol. The van der Waals surface area contributed by atoms with E-state index in [1.807, 2.05) is 37.3 Å². The zero-order valence-corrected chi connectivity index (χ0v) is 15.4. The van der Waals surface area contributed by atoms with Crippen LogP contribution in [0.4, 0.5) is 5.69 Å². The van der Waals surface area contributed by atoms with Gasteiger partial charge in [0.25, 0.3) is 5.91 Å². The number of carbonyl (C=O) groups excluding carboxylic acids is 2. The molecular weight excluding hydrogens is 352 g/mol. The molecule has 0 aliphatic carbocycles. The Kier molecular flexibility index (Phi) is 5.78. The lowest BCUT2D eigenvalue weighted by molar-refractivity contribution is -0.132. The predicted molar refractivity (Wildman–Crippen MR) is 101 cm³/mol. The number of nitrogens with zero attached hydrogens (tertiary/aromatic N) is 2. The van der Waals surface area contributed by atoms with Crippen LogP contribution < -0.4 is 9.64 Å². The van der Waals surface area contributed by atoms with Crippen LogP contribution in [0.15, 0.2) is 48.5 Å². The molecule has 136 valence electrons. The summed E-state index contributed by atoms with van der Waals surface area (Å²) in [6.07, 6.45) is 0.845. The number of ether oxygens (including phenoxy) is 1. The van der Waals surface area contributed by atoms with Crippen LogP contribution in [0, 0.1) is 0 Å². The van der Waals surface area contributed by atoms with E-state index in [9.17, 15) is 9.59 Å². The number of hydrogen-bond donors (Lipinski definition) is 0. The zero-order valence-electron chi connectivity index (χ0n) is 14.7. The van der Waals surface area contributed by atoms with Gasteiger partial charge in [-0.2, -0.15) is 0 Å².